The van der Waals surface area contributed by atoms with E-state index in [1.165, 1.54) is 92.8 Å². The number of para-hydroxylation sites is 2. The van der Waals surface area contributed by atoms with E-state index >= 15 is 0 Å². The van der Waals surface area contributed by atoms with Crippen molar-refractivity contribution in [3.8, 4) is 44.5 Å². The monoisotopic (exact) mass is 722 g/mol. The molecule has 1 heteroatoms. The first-order chi connectivity index (χ1) is 28.3. The van der Waals surface area contributed by atoms with Crippen molar-refractivity contribution in [2.45, 2.75) is 0 Å². The molecular formula is C56H34O. The van der Waals surface area contributed by atoms with Crippen molar-refractivity contribution < 1.29 is 4.42 Å². The molecule has 0 aliphatic carbocycles. The van der Waals surface area contributed by atoms with Crippen LogP contribution in [0.4, 0.5) is 0 Å². The summed E-state index contributed by atoms with van der Waals surface area (Å²) in [5, 5.41) is 14.9. The van der Waals surface area contributed by atoms with Gasteiger partial charge in [-0.2, -0.15) is 0 Å². The maximum atomic E-state index is 6.60. The number of benzene rings is 11. The Bertz CT molecular complexity index is 3480. The number of hydrogen-bond acceptors (Lipinski definition) is 1. The molecule has 264 valence electrons. The number of fused-ring (bicyclic) bond motifs is 11. The Hall–Kier alpha value is -7.48. The minimum Gasteiger partial charge on any atom is -0.455 e. The van der Waals surface area contributed by atoms with Gasteiger partial charge in [0, 0.05) is 21.9 Å². The number of rotatable bonds is 4. The molecule has 0 spiro atoms. The Kier molecular flexibility index (Phi) is 7.00. The van der Waals surface area contributed by atoms with Gasteiger partial charge < -0.3 is 4.42 Å². The highest BCUT2D eigenvalue weighted by Crippen LogP contribution is 2.47. The molecule has 0 fully saturated rings. The Balaban J connectivity index is 1.01. The van der Waals surface area contributed by atoms with E-state index in [-0.39, 0.29) is 0 Å². The van der Waals surface area contributed by atoms with E-state index in [9.17, 15) is 0 Å². The van der Waals surface area contributed by atoms with E-state index in [4.69, 9.17) is 4.42 Å². The predicted octanol–water partition coefficient (Wildman–Crippen LogP) is 16.0. The first-order valence-electron chi connectivity index (χ1n) is 19.7. The predicted molar refractivity (Wildman–Crippen MR) is 243 cm³/mol. The molecule has 0 radical (unpaired) electrons. The second-order valence-corrected chi connectivity index (χ2v) is 15.1. The first kappa shape index (κ1) is 31.8. The summed E-state index contributed by atoms with van der Waals surface area (Å²) in [5.74, 6) is 0. The fourth-order valence-corrected chi connectivity index (χ4v) is 9.55. The summed E-state index contributed by atoms with van der Waals surface area (Å²) < 4.78 is 6.60. The topological polar surface area (TPSA) is 13.1 Å². The lowest BCUT2D eigenvalue weighted by molar-refractivity contribution is 0.670. The molecule has 0 unspecified atom stereocenters. The molecule has 0 saturated heterocycles. The van der Waals surface area contributed by atoms with Crippen LogP contribution in [0, 0.1) is 0 Å². The normalized spacial score (nSPS) is 11.9. The van der Waals surface area contributed by atoms with E-state index in [2.05, 4.69) is 200 Å². The molecule has 57 heavy (non-hydrogen) atoms. The van der Waals surface area contributed by atoms with Crippen molar-refractivity contribution in [1.82, 2.24) is 0 Å². The van der Waals surface area contributed by atoms with Gasteiger partial charge in [-0.25, -0.2) is 0 Å². The van der Waals surface area contributed by atoms with E-state index < -0.39 is 0 Å². The molecular weight excluding hydrogens is 689 g/mol. The molecule has 12 aromatic rings. The molecule has 12 rings (SSSR count). The van der Waals surface area contributed by atoms with Crippen LogP contribution in [0.5, 0.6) is 0 Å². The summed E-state index contributed by atoms with van der Waals surface area (Å²) in [6, 6.07) is 75.2. The molecule has 0 aliphatic rings. The van der Waals surface area contributed by atoms with Gasteiger partial charge in [-0.15, -0.1) is 0 Å². The van der Waals surface area contributed by atoms with Crippen LogP contribution in [-0.2, 0) is 0 Å². The van der Waals surface area contributed by atoms with Crippen LogP contribution in [0.25, 0.3) is 120 Å². The third-order valence-electron chi connectivity index (χ3n) is 12.1. The van der Waals surface area contributed by atoms with Gasteiger partial charge in [-0.1, -0.05) is 194 Å². The fourth-order valence-electron chi connectivity index (χ4n) is 9.55. The lowest BCUT2D eigenvalue weighted by Gasteiger charge is -2.18. The van der Waals surface area contributed by atoms with Crippen molar-refractivity contribution in [1.29, 1.82) is 0 Å². The minimum atomic E-state index is 0.912. The van der Waals surface area contributed by atoms with Crippen LogP contribution in [0.3, 0.4) is 0 Å². The fraction of sp³-hybridized carbons (Fsp3) is 0. The highest BCUT2D eigenvalue weighted by atomic mass is 16.3. The van der Waals surface area contributed by atoms with Crippen molar-refractivity contribution in [3.05, 3.63) is 206 Å². The molecule has 0 bridgehead atoms. The van der Waals surface area contributed by atoms with Crippen molar-refractivity contribution in [2.24, 2.45) is 0 Å². The quantitative estimate of drug-likeness (QED) is 0.130. The third-order valence-corrected chi connectivity index (χ3v) is 12.1. The molecule has 0 saturated carbocycles. The molecule has 0 amide bonds. The van der Waals surface area contributed by atoms with Gasteiger partial charge in [-0.05, 0) is 99.4 Å². The first-order valence-corrected chi connectivity index (χ1v) is 19.7. The molecule has 1 nitrogen and oxygen atoms in total. The van der Waals surface area contributed by atoms with Gasteiger partial charge in [0.15, 0.2) is 0 Å². The van der Waals surface area contributed by atoms with E-state index in [1.54, 1.807) is 0 Å². The van der Waals surface area contributed by atoms with Crippen LogP contribution < -0.4 is 0 Å². The summed E-state index contributed by atoms with van der Waals surface area (Å²) >= 11 is 0. The zero-order valence-electron chi connectivity index (χ0n) is 31.0. The zero-order chi connectivity index (χ0) is 37.5. The molecule has 0 N–H and O–H groups in total. The highest BCUT2D eigenvalue weighted by molar-refractivity contribution is 6.26. The van der Waals surface area contributed by atoms with Gasteiger partial charge in [0.2, 0.25) is 0 Å². The van der Waals surface area contributed by atoms with Gasteiger partial charge in [-0.3, -0.25) is 0 Å². The second kappa shape index (κ2) is 12.5. The van der Waals surface area contributed by atoms with Crippen LogP contribution in [0.1, 0.15) is 0 Å². The number of furan rings is 1. The van der Waals surface area contributed by atoms with Crippen LogP contribution in [-0.4, -0.2) is 0 Å². The Morgan fingerprint density at radius 1 is 0.228 bits per heavy atom. The van der Waals surface area contributed by atoms with E-state index in [0.29, 0.717) is 0 Å². The van der Waals surface area contributed by atoms with Crippen LogP contribution >= 0.6 is 0 Å². The summed E-state index contributed by atoms with van der Waals surface area (Å²) in [6.45, 7) is 0. The largest absolute Gasteiger partial charge is 0.455 e. The summed E-state index contributed by atoms with van der Waals surface area (Å²) in [4.78, 5) is 0. The van der Waals surface area contributed by atoms with Gasteiger partial charge in [0.05, 0.1) is 0 Å². The minimum absolute atomic E-state index is 0.912. The summed E-state index contributed by atoms with van der Waals surface area (Å²) in [5.41, 5.74) is 11.5. The Morgan fingerprint density at radius 2 is 0.632 bits per heavy atom. The average molecular weight is 723 g/mol. The highest BCUT2D eigenvalue weighted by Gasteiger charge is 2.20. The molecule has 0 aliphatic heterocycles. The maximum Gasteiger partial charge on any atom is 0.143 e. The zero-order valence-corrected chi connectivity index (χ0v) is 31.0. The maximum absolute atomic E-state index is 6.60. The van der Waals surface area contributed by atoms with Crippen LogP contribution in [0.15, 0.2) is 211 Å². The lowest BCUT2D eigenvalue weighted by Crippen LogP contribution is -1.91. The van der Waals surface area contributed by atoms with Crippen LogP contribution in [0.2, 0.25) is 0 Å². The third kappa shape index (κ3) is 4.83. The number of hydrogen-bond donors (Lipinski definition) is 0. The van der Waals surface area contributed by atoms with Gasteiger partial charge >= 0.3 is 0 Å². The van der Waals surface area contributed by atoms with Crippen molar-refractivity contribution in [2.75, 3.05) is 0 Å². The summed E-state index contributed by atoms with van der Waals surface area (Å²) in [7, 11) is 0. The van der Waals surface area contributed by atoms with Crippen molar-refractivity contribution in [3.63, 3.8) is 0 Å². The standard InChI is InChI=1S/C56H34O/c1-2-15-39(37-32-33-44-42-18-4-3-16-40(42)41-17-5-6-19-43(41)52(44)34-37)38(14-1)35-28-30-36(31-29-35)54-46-21-7-9-23-48(46)55(49-24-10-8-22-47(49)54)51-26-13-25-50-45-20-11-12-27-53(45)57-56(50)51/h1-34H. The second-order valence-electron chi connectivity index (χ2n) is 15.1. The summed E-state index contributed by atoms with van der Waals surface area (Å²) in [6.07, 6.45) is 0. The lowest BCUT2D eigenvalue weighted by atomic mass is 9.85. The van der Waals surface area contributed by atoms with E-state index in [0.717, 1.165) is 27.5 Å². The van der Waals surface area contributed by atoms with Gasteiger partial charge in [0.1, 0.15) is 11.2 Å². The molecule has 1 aromatic heterocycles. The van der Waals surface area contributed by atoms with Crippen molar-refractivity contribution >= 4 is 75.8 Å². The SMILES string of the molecule is c1ccc(-c2ccc3c4ccccc4c4ccccc4c3c2)c(-c2ccc(-c3c4ccccc4c(-c4cccc5c4oc4ccccc45)c4ccccc34)cc2)c1. The smallest absolute Gasteiger partial charge is 0.143 e. The van der Waals surface area contributed by atoms with Gasteiger partial charge in [0.25, 0.3) is 0 Å². The van der Waals surface area contributed by atoms with E-state index in [1.807, 2.05) is 6.07 Å². The molecule has 1 heterocycles. The molecule has 11 aromatic carbocycles. The average Bonchev–Trinajstić information content (AvgIpc) is 3.67. The Labute approximate surface area is 329 Å². The Morgan fingerprint density at radius 3 is 1.25 bits per heavy atom. The molecule has 0 atom stereocenters.